The third-order valence-electron chi connectivity index (χ3n) is 2.57. The number of carbonyl (C=O) groups excluding carboxylic acids is 1. The van der Waals surface area contributed by atoms with Crippen LogP contribution in [0.1, 0.15) is 5.56 Å². The monoisotopic (exact) mass is 444 g/mol. The first kappa shape index (κ1) is 12.4. The average Bonchev–Trinajstić information content (AvgIpc) is 2.30. The second-order valence-corrected chi connectivity index (χ2v) is 5.50. The summed E-state index contributed by atoms with van der Waals surface area (Å²) >= 11 is 4.23. The lowest BCUT2D eigenvalue weighted by Crippen LogP contribution is -2.67. The smallest absolute Gasteiger partial charge is 0.260 e. The molecule has 1 fully saturated rings. The van der Waals surface area contributed by atoms with Gasteiger partial charge in [0.05, 0.1) is 4.55 Å². The molecule has 0 saturated carbocycles. The van der Waals surface area contributed by atoms with Crippen molar-refractivity contribution in [1.82, 2.24) is 5.32 Å². The fourth-order valence-electron chi connectivity index (χ4n) is 1.56. The van der Waals surface area contributed by atoms with Crippen LogP contribution in [-0.4, -0.2) is 19.6 Å². The van der Waals surface area contributed by atoms with E-state index in [-0.39, 0.29) is 9.96 Å². The predicted octanol–water partition coefficient (Wildman–Crippen LogP) is 1.57. The largest absolute Gasteiger partial charge is 0.376 e. The molecule has 6 heteroatoms. The maximum Gasteiger partial charge on any atom is 0.260 e. The molecule has 2 atom stereocenters. The third kappa shape index (κ3) is 1.90. The summed E-state index contributed by atoms with van der Waals surface area (Å²) in [7, 11) is 0. The number of β-lactam (4-membered cyclic amide) rings is 1. The van der Waals surface area contributed by atoms with Crippen LogP contribution < -0.4 is 10.6 Å². The highest BCUT2D eigenvalue weighted by Crippen LogP contribution is 2.36. The van der Waals surface area contributed by atoms with Crippen molar-refractivity contribution in [3.63, 3.8) is 0 Å². The molecule has 0 aliphatic carbocycles. The van der Waals surface area contributed by atoms with E-state index in [4.69, 9.17) is 0 Å². The summed E-state index contributed by atoms with van der Waals surface area (Å²) < 4.78 is 0.553. The van der Waals surface area contributed by atoms with Crippen LogP contribution in [-0.2, 0) is 10.4 Å². The van der Waals surface area contributed by atoms with Gasteiger partial charge in [-0.3, -0.25) is 4.79 Å². The Morgan fingerprint density at radius 3 is 2.50 bits per heavy atom. The Morgan fingerprint density at radius 2 is 2.06 bits per heavy atom. The normalized spacial score (nSPS) is 28.2. The summed E-state index contributed by atoms with van der Waals surface area (Å²) in [4.78, 5) is 11.4. The number of halogens is 2. The van der Waals surface area contributed by atoms with E-state index in [2.05, 4.69) is 33.2 Å². The number of anilines is 1. The summed E-state index contributed by atoms with van der Waals surface area (Å²) in [6, 6.07) is 7.28. The van der Waals surface area contributed by atoms with Crippen molar-refractivity contribution >= 4 is 56.8 Å². The van der Waals surface area contributed by atoms with E-state index < -0.39 is 5.60 Å². The Labute approximate surface area is 120 Å². The molecule has 2 rings (SSSR count). The molecular weight excluding hydrogens is 434 g/mol. The van der Waals surface area contributed by atoms with Crippen molar-refractivity contribution in [2.24, 2.45) is 0 Å². The number of hydrogen-bond donors (Lipinski definition) is 3. The van der Waals surface area contributed by atoms with Gasteiger partial charge in [0.15, 0.2) is 5.60 Å². The van der Waals surface area contributed by atoms with Gasteiger partial charge in [-0.2, -0.15) is 0 Å². The number of amides is 1. The van der Waals surface area contributed by atoms with Crippen LogP contribution >= 0.6 is 45.2 Å². The lowest BCUT2D eigenvalue weighted by molar-refractivity contribution is -0.154. The number of rotatable bonds is 3. The molecule has 3 N–H and O–H groups in total. The zero-order valence-corrected chi connectivity index (χ0v) is 12.5. The number of hydrogen-bond acceptors (Lipinski definition) is 3. The fourth-order valence-corrected chi connectivity index (χ4v) is 2.93. The molecule has 0 bridgehead atoms. The Kier molecular flexibility index (Phi) is 3.59. The van der Waals surface area contributed by atoms with Gasteiger partial charge in [-0.25, -0.2) is 0 Å². The molecule has 1 aromatic carbocycles. The topological polar surface area (TPSA) is 61.4 Å². The van der Waals surface area contributed by atoms with Crippen LogP contribution in [0.15, 0.2) is 24.3 Å². The van der Waals surface area contributed by atoms with Gasteiger partial charge >= 0.3 is 0 Å². The highest BCUT2D eigenvalue weighted by molar-refractivity contribution is 14.1. The predicted molar refractivity (Wildman–Crippen MR) is 78.8 cm³/mol. The van der Waals surface area contributed by atoms with Gasteiger partial charge in [0.25, 0.3) is 5.91 Å². The van der Waals surface area contributed by atoms with Crippen molar-refractivity contribution < 1.29 is 9.90 Å². The van der Waals surface area contributed by atoms with Gasteiger partial charge in [-0.05, 0) is 17.7 Å². The van der Waals surface area contributed by atoms with E-state index in [1.54, 1.807) is 12.1 Å². The van der Waals surface area contributed by atoms with Crippen LogP contribution in [0.25, 0.3) is 0 Å². The SMILES string of the molecule is O=C1NC(I)C1(O)c1ccc(NCI)cc1. The molecule has 1 aliphatic heterocycles. The molecule has 1 amide bonds. The molecule has 4 nitrogen and oxygen atoms in total. The van der Waals surface area contributed by atoms with Crippen molar-refractivity contribution in [3.8, 4) is 0 Å². The second kappa shape index (κ2) is 4.65. The molecule has 1 aromatic rings. The quantitative estimate of drug-likeness (QED) is 0.287. The van der Waals surface area contributed by atoms with Gasteiger partial charge in [0.2, 0.25) is 0 Å². The van der Waals surface area contributed by atoms with Crippen molar-refractivity contribution in [1.29, 1.82) is 0 Å². The lowest BCUT2D eigenvalue weighted by atomic mass is 9.87. The molecule has 0 spiro atoms. The third-order valence-corrected chi connectivity index (χ3v) is 4.16. The average molecular weight is 444 g/mol. The first-order chi connectivity index (χ1) is 7.59. The second-order valence-electron chi connectivity index (χ2n) is 3.49. The minimum atomic E-state index is -1.37. The molecule has 2 unspecified atom stereocenters. The summed E-state index contributed by atoms with van der Waals surface area (Å²) in [6.45, 7) is 0. The Balaban J connectivity index is 2.24. The maximum absolute atomic E-state index is 11.4. The lowest BCUT2D eigenvalue weighted by Gasteiger charge is -2.41. The number of benzene rings is 1. The summed E-state index contributed by atoms with van der Waals surface area (Å²) in [5.74, 6) is -0.332. The van der Waals surface area contributed by atoms with Gasteiger partial charge in [-0.15, -0.1) is 0 Å². The van der Waals surface area contributed by atoms with Crippen molar-refractivity contribution in [3.05, 3.63) is 29.8 Å². The minimum absolute atomic E-state index is 0.263. The first-order valence-corrected chi connectivity index (χ1v) is 7.44. The van der Waals surface area contributed by atoms with E-state index in [0.717, 1.165) is 10.2 Å². The van der Waals surface area contributed by atoms with E-state index in [9.17, 15) is 9.90 Å². The standard InChI is InChI=1S/C10H10I2N2O2/c11-5-13-7-3-1-6(2-4-7)10(16)8(12)14-9(10)15/h1-4,8,13,16H,5H2,(H,14,15). The molecule has 0 radical (unpaired) electrons. The van der Waals surface area contributed by atoms with Crippen LogP contribution in [0.3, 0.4) is 0 Å². The van der Waals surface area contributed by atoms with E-state index in [0.29, 0.717) is 5.56 Å². The van der Waals surface area contributed by atoms with Crippen molar-refractivity contribution in [2.45, 2.75) is 9.65 Å². The van der Waals surface area contributed by atoms with Gasteiger partial charge in [0, 0.05) is 5.69 Å². The van der Waals surface area contributed by atoms with Crippen LogP contribution in [0, 0.1) is 0 Å². The number of aliphatic hydroxyl groups is 1. The van der Waals surface area contributed by atoms with Gasteiger partial charge < -0.3 is 15.7 Å². The van der Waals surface area contributed by atoms with Gasteiger partial charge in [-0.1, -0.05) is 57.3 Å². The van der Waals surface area contributed by atoms with E-state index in [1.165, 1.54) is 0 Å². The Hall–Kier alpha value is -0.0900. The molecule has 0 aromatic heterocycles. The highest BCUT2D eigenvalue weighted by atomic mass is 127. The summed E-state index contributed by atoms with van der Waals surface area (Å²) in [5, 5.41) is 16.0. The van der Waals surface area contributed by atoms with E-state index in [1.807, 2.05) is 34.7 Å². The minimum Gasteiger partial charge on any atom is -0.376 e. The summed E-state index contributed by atoms with van der Waals surface area (Å²) in [6.07, 6.45) is 0. The molecule has 86 valence electrons. The first-order valence-electron chi connectivity index (χ1n) is 4.67. The Bertz CT molecular complexity index is 410. The van der Waals surface area contributed by atoms with Crippen molar-refractivity contribution in [2.75, 3.05) is 9.87 Å². The van der Waals surface area contributed by atoms with Gasteiger partial charge in [0.1, 0.15) is 4.05 Å². The van der Waals surface area contributed by atoms with Crippen LogP contribution in [0.5, 0.6) is 0 Å². The number of carbonyl (C=O) groups is 1. The zero-order valence-electron chi connectivity index (χ0n) is 8.21. The number of nitrogens with one attached hydrogen (secondary N) is 2. The Morgan fingerprint density at radius 1 is 1.44 bits per heavy atom. The molecule has 1 heterocycles. The fraction of sp³-hybridized carbons (Fsp3) is 0.300. The molecule has 1 aliphatic rings. The molecular formula is C10H10I2N2O2. The number of alkyl halides is 2. The summed E-state index contributed by atoms with van der Waals surface area (Å²) in [5.41, 5.74) is 0.241. The highest BCUT2D eigenvalue weighted by Gasteiger charge is 2.54. The maximum atomic E-state index is 11.4. The zero-order chi connectivity index (χ0) is 11.8. The van der Waals surface area contributed by atoms with Crippen LogP contribution in [0.2, 0.25) is 0 Å². The molecule has 16 heavy (non-hydrogen) atoms. The van der Waals surface area contributed by atoms with E-state index >= 15 is 0 Å². The van der Waals surface area contributed by atoms with Crippen LogP contribution in [0.4, 0.5) is 5.69 Å². The molecule has 1 saturated heterocycles.